The fraction of sp³-hybridized carbons (Fsp3) is 0.556. The molecule has 0 spiro atoms. The second-order valence-corrected chi connectivity index (χ2v) is 7.63. The maximum atomic E-state index is 4.76. The average Bonchev–Trinajstić information content (AvgIpc) is 3.13. The second-order valence-electron chi connectivity index (χ2n) is 6.85. The minimum absolute atomic E-state index is 0.396. The van der Waals surface area contributed by atoms with Gasteiger partial charge < -0.3 is 14.7 Å². The molecule has 0 aliphatic carbocycles. The predicted molar refractivity (Wildman–Crippen MR) is 109 cm³/mol. The molecule has 0 saturated carbocycles. The van der Waals surface area contributed by atoms with Gasteiger partial charge in [-0.3, -0.25) is 0 Å². The predicted octanol–water partition coefficient (Wildman–Crippen LogP) is 2.39. The van der Waals surface area contributed by atoms with Crippen molar-refractivity contribution in [1.82, 2.24) is 19.9 Å². The van der Waals surface area contributed by atoms with Crippen LogP contribution in [0.1, 0.15) is 17.7 Å². The van der Waals surface area contributed by atoms with Crippen LogP contribution in [0.25, 0.3) is 0 Å². The highest BCUT2D eigenvalue weighted by molar-refractivity contribution is 7.98. The normalized spacial score (nSPS) is 16.8. The van der Waals surface area contributed by atoms with Gasteiger partial charge in [0, 0.05) is 57.7 Å². The summed E-state index contributed by atoms with van der Waals surface area (Å²) in [6, 6.07) is 2.37. The topological polar surface area (TPSA) is 61.3 Å². The molecule has 0 amide bonds. The minimum Gasteiger partial charge on any atom is -0.355 e. The third-order valence-corrected chi connectivity index (χ3v) is 5.47. The second kappa shape index (κ2) is 7.65. The number of hydrogen-bond acceptors (Lipinski definition) is 8. The number of anilines is 3. The van der Waals surface area contributed by atoms with Gasteiger partial charge in [-0.2, -0.15) is 4.98 Å². The van der Waals surface area contributed by atoms with Gasteiger partial charge in [0.05, 0.1) is 0 Å². The number of nitrogens with zero attached hydrogens (tertiary/aromatic N) is 7. The SMILES string of the molecule is CSc1nc(C)c(C)c(N2CCC(N(C)c3ccnc(N(C)C)n3)C2)n1. The Hall–Kier alpha value is -2.09. The lowest BCUT2D eigenvalue weighted by Gasteiger charge is -2.27. The van der Waals surface area contributed by atoms with Crippen molar-refractivity contribution in [3.05, 3.63) is 23.5 Å². The summed E-state index contributed by atoms with van der Waals surface area (Å²) in [5.74, 6) is 2.75. The third-order valence-electron chi connectivity index (χ3n) is 4.93. The van der Waals surface area contributed by atoms with Crippen LogP contribution >= 0.6 is 11.8 Å². The van der Waals surface area contributed by atoms with Crippen molar-refractivity contribution in [3.8, 4) is 0 Å². The monoisotopic (exact) mass is 373 g/mol. The number of aryl methyl sites for hydroxylation is 1. The molecule has 8 heteroatoms. The van der Waals surface area contributed by atoms with Crippen LogP contribution in [0.3, 0.4) is 0 Å². The number of hydrogen-bond donors (Lipinski definition) is 0. The van der Waals surface area contributed by atoms with Gasteiger partial charge in [-0.15, -0.1) is 0 Å². The van der Waals surface area contributed by atoms with E-state index in [0.717, 1.165) is 47.9 Å². The molecule has 1 atom stereocenters. The summed E-state index contributed by atoms with van der Waals surface area (Å²) in [4.78, 5) is 24.8. The maximum absolute atomic E-state index is 4.76. The first-order chi connectivity index (χ1) is 12.4. The van der Waals surface area contributed by atoms with Crippen molar-refractivity contribution >= 4 is 29.3 Å². The number of likely N-dealkylation sites (N-methyl/N-ethyl adjacent to an activating group) is 1. The van der Waals surface area contributed by atoms with Crippen LogP contribution in [-0.4, -0.2) is 66.5 Å². The van der Waals surface area contributed by atoms with Gasteiger partial charge in [0.2, 0.25) is 5.95 Å². The summed E-state index contributed by atoms with van der Waals surface area (Å²) < 4.78 is 0. The fourth-order valence-corrected chi connectivity index (χ4v) is 3.58. The highest BCUT2D eigenvalue weighted by Crippen LogP contribution is 2.28. The van der Waals surface area contributed by atoms with E-state index in [2.05, 4.69) is 45.6 Å². The van der Waals surface area contributed by atoms with Crippen LogP contribution in [-0.2, 0) is 0 Å². The molecule has 0 N–H and O–H groups in total. The fourth-order valence-electron chi connectivity index (χ4n) is 3.18. The van der Waals surface area contributed by atoms with E-state index in [0.29, 0.717) is 6.04 Å². The van der Waals surface area contributed by atoms with Crippen molar-refractivity contribution in [2.24, 2.45) is 0 Å². The van der Waals surface area contributed by atoms with Crippen molar-refractivity contribution < 1.29 is 0 Å². The smallest absolute Gasteiger partial charge is 0.226 e. The van der Waals surface area contributed by atoms with Crippen LogP contribution in [0.4, 0.5) is 17.6 Å². The molecule has 1 unspecified atom stereocenters. The molecule has 1 aliphatic heterocycles. The van der Waals surface area contributed by atoms with Crippen molar-refractivity contribution in [2.45, 2.75) is 31.5 Å². The zero-order valence-corrected chi connectivity index (χ0v) is 17.2. The molecule has 2 aromatic rings. The van der Waals surface area contributed by atoms with E-state index >= 15 is 0 Å². The highest BCUT2D eigenvalue weighted by atomic mass is 32.2. The molecular weight excluding hydrogens is 346 g/mol. The molecule has 1 aliphatic rings. The lowest BCUT2D eigenvalue weighted by atomic mass is 10.2. The molecule has 3 rings (SSSR count). The van der Waals surface area contributed by atoms with E-state index < -0.39 is 0 Å². The lowest BCUT2D eigenvalue weighted by molar-refractivity contribution is 0.682. The van der Waals surface area contributed by atoms with Crippen LogP contribution in [0, 0.1) is 13.8 Å². The molecule has 1 fully saturated rings. The Bertz CT molecular complexity index is 780. The van der Waals surface area contributed by atoms with Crippen molar-refractivity contribution in [2.75, 3.05) is 55.2 Å². The molecule has 3 heterocycles. The third kappa shape index (κ3) is 3.70. The van der Waals surface area contributed by atoms with Gasteiger partial charge in [0.15, 0.2) is 5.16 Å². The Kier molecular flexibility index (Phi) is 5.50. The molecule has 2 aromatic heterocycles. The largest absolute Gasteiger partial charge is 0.355 e. The Balaban J connectivity index is 1.78. The Morgan fingerprint density at radius 2 is 1.92 bits per heavy atom. The van der Waals surface area contributed by atoms with Gasteiger partial charge in [-0.25, -0.2) is 15.0 Å². The van der Waals surface area contributed by atoms with Crippen LogP contribution in [0.15, 0.2) is 17.4 Å². The van der Waals surface area contributed by atoms with E-state index in [4.69, 9.17) is 4.98 Å². The standard InChI is InChI=1S/C18H27N7S/c1-12-13(2)20-18(26-6)22-16(12)25-10-8-14(11-25)24(5)15-7-9-19-17(21-15)23(3)4/h7,9,14H,8,10-11H2,1-6H3. The number of aromatic nitrogens is 4. The van der Waals surface area contributed by atoms with Crippen LogP contribution in [0.2, 0.25) is 0 Å². The molecule has 26 heavy (non-hydrogen) atoms. The van der Waals surface area contributed by atoms with Gasteiger partial charge in [0.1, 0.15) is 11.6 Å². The van der Waals surface area contributed by atoms with Gasteiger partial charge in [0.25, 0.3) is 0 Å². The van der Waals surface area contributed by atoms with E-state index in [9.17, 15) is 0 Å². The van der Waals surface area contributed by atoms with E-state index in [1.54, 1.807) is 11.8 Å². The molecule has 1 saturated heterocycles. The number of rotatable bonds is 5. The zero-order valence-electron chi connectivity index (χ0n) is 16.4. The van der Waals surface area contributed by atoms with Gasteiger partial charge in [-0.1, -0.05) is 11.8 Å². The van der Waals surface area contributed by atoms with Gasteiger partial charge in [-0.05, 0) is 32.6 Å². The molecule has 140 valence electrons. The minimum atomic E-state index is 0.396. The first-order valence-corrected chi connectivity index (χ1v) is 10.0. The maximum Gasteiger partial charge on any atom is 0.226 e. The van der Waals surface area contributed by atoms with E-state index in [1.165, 1.54) is 5.56 Å². The van der Waals surface area contributed by atoms with E-state index in [1.807, 2.05) is 37.5 Å². The van der Waals surface area contributed by atoms with Gasteiger partial charge >= 0.3 is 0 Å². The summed E-state index contributed by atoms with van der Waals surface area (Å²) in [5.41, 5.74) is 2.23. The zero-order chi connectivity index (χ0) is 18.8. The molecular formula is C18H27N7S. The van der Waals surface area contributed by atoms with Crippen LogP contribution < -0.4 is 14.7 Å². The van der Waals surface area contributed by atoms with Crippen molar-refractivity contribution in [1.29, 1.82) is 0 Å². The summed E-state index contributed by atoms with van der Waals surface area (Å²) in [7, 11) is 6.03. The molecule has 0 radical (unpaired) electrons. The highest BCUT2D eigenvalue weighted by Gasteiger charge is 2.29. The van der Waals surface area contributed by atoms with E-state index in [-0.39, 0.29) is 0 Å². The average molecular weight is 374 g/mol. The van der Waals surface area contributed by atoms with Crippen LogP contribution in [0.5, 0.6) is 0 Å². The van der Waals surface area contributed by atoms with Crippen molar-refractivity contribution in [3.63, 3.8) is 0 Å². The first kappa shape index (κ1) is 18.7. The Morgan fingerprint density at radius 3 is 2.62 bits per heavy atom. The summed E-state index contributed by atoms with van der Waals surface area (Å²) in [6.45, 7) is 6.10. The molecule has 0 aromatic carbocycles. The summed E-state index contributed by atoms with van der Waals surface area (Å²) >= 11 is 1.59. The quantitative estimate of drug-likeness (QED) is 0.585. The first-order valence-electron chi connectivity index (χ1n) is 8.78. The lowest BCUT2D eigenvalue weighted by Crippen LogP contribution is -2.35. The Morgan fingerprint density at radius 1 is 1.15 bits per heavy atom. The summed E-state index contributed by atoms with van der Waals surface area (Å²) in [6.07, 6.45) is 4.92. The molecule has 7 nitrogen and oxygen atoms in total. The number of thioether (sulfide) groups is 1. The summed E-state index contributed by atoms with van der Waals surface area (Å²) in [5, 5.41) is 0.839. The molecule has 0 bridgehead atoms. The Labute approximate surface area is 159 Å².